The Labute approximate surface area is 448 Å². The zero-order valence-corrected chi connectivity index (χ0v) is 39.7. The molecule has 0 heterocycles. The minimum atomic E-state index is -3.35. The van der Waals surface area contributed by atoms with Crippen molar-refractivity contribution in [2.24, 2.45) is 0 Å². The molecule has 9 rings (SSSR count). The lowest BCUT2D eigenvalue weighted by molar-refractivity contribution is 0.402. The van der Waals surface area contributed by atoms with Gasteiger partial charge in [-0.25, -0.2) is 70.2 Å². The van der Waals surface area contributed by atoms with Gasteiger partial charge in [-0.05, 0) is 80.9 Å². The predicted octanol–water partition coefficient (Wildman–Crippen LogP) is 13.9. The molecule has 0 fully saturated rings. The second-order valence-electron chi connectivity index (χ2n) is 17.7. The second-order valence-corrected chi connectivity index (χ2v) is 17.7. The number of allylic oxidation sites excluding steroid dienone is 4. The van der Waals surface area contributed by atoms with E-state index in [1.807, 2.05) is 0 Å². The van der Waals surface area contributed by atoms with E-state index in [0.717, 1.165) is 72.8 Å². The maximum atomic E-state index is 16.8. The number of nitrogens with zero attached hydrogens (tertiary/aromatic N) is 8. The summed E-state index contributed by atoms with van der Waals surface area (Å²) in [7, 11) is 0. The van der Waals surface area contributed by atoms with Gasteiger partial charge in [-0.2, -0.15) is 42.1 Å². The average molecular weight is 1130 g/mol. The first kappa shape index (κ1) is 55.6. The van der Waals surface area contributed by atoms with Gasteiger partial charge in [0, 0.05) is 45.9 Å². The molecule has 24 heteroatoms. The van der Waals surface area contributed by atoms with Crippen LogP contribution in [-0.4, -0.2) is 0 Å². The average Bonchev–Trinajstić information content (AvgIpc) is 3.50. The van der Waals surface area contributed by atoms with Crippen molar-refractivity contribution < 1.29 is 70.2 Å². The molecule has 0 saturated heterocycles. The Morgan fingerprint density at radius 2 is 0.500 bits per heavy atom. The molecule has 0 amide bonds. The van der Waals surface area contributed by atoms with E-state index in [2.05, 4.69) is 0 Å². The summed E-state index contributed by atoms with van der Waals surface area (Å²) in [5, 5.41) is 79.6. The van der Waals surface area contributed by atoms with E-state index in [0.29, 0.717) is 12.1 Å². The fourth-order valence-corrected chi connectivity index (χ4v) is 10.6. The molecule has 7 aromatic carbocycles. The molecule has 2 unspecified atom stereocenters. The van der Waals surface area contributed by atoms with Gasteiger partial charge in [0.2, 0.25) is 0 Å². The van der Waals surface area contributed by atoms with Crippen molar-refractivity contribution in [3.63, 3.8) is 0 Å². The molecule has 7 aromatic rings. The topological polar surface area (TPSA) is 190 Å². The van der Waals surface area contributed by atoms with E-state index in [9.17, 15) is 42.1 Å². The summed E-state index contributed by atoms with van der Waals surface area (Å²) in [6, 6.07) is 18.9. The van der Waals surface area contributed by atoms with Crippen LogP contribution in [0, 0.1) is 184 Å². The minimum Gasteiger partial charge on any atom is -0.203 e. The first-order valence-electron chi connectivity index (χ1n) is 22.6. The summed E-state index contributed by atoms with van der Waals surface area (Å²) < 4.78 is 262. The number of nitriles is 8. The quantitative estimate of drug-likeness (QED) is 0.106. The molecule has 2 aliphatic rings. The van der Waals surface area contributed by atoms with Gasteiger partial charge in [0.25, 0.3) is 0 Å². The van der Waals surface area contributed by atoms with Crippen LogP contribution < -0.4 is 0 Å². The van der Waals surface area contributed by atoms with E-state index in [-0.39, 0.29) is 11.1 Å². The Bertz CT molecular complexity index is 3960. The number of benzene rings is 7. The van der Waals surface area contributed by atoms with E-state index in [1.54, 1.807) is 24.3 Å². The highest BCUT2D eigenvalue weighted by Crippen LogP contribution is 2.62. The van der Waals surface area contributed by atoms with Gasteiger partial charge < -0.3 is 0 Å². The number of fused-ring (bicyclic) bond motifs is 2. The fourth-order valence-electron chi connectivity index (χ4n) is 10.6. The third kappa shape index (κ3) is 7.85. The fraction of sp³-hybridized carbons (Fsp3) is 0.0690. The standard InChI is InChI=1S/C58H14F16N8/c59-43-29(15-79)44(60)52(68)39(51(43)67)37(40-53(69)45(61)30(16-80)46(62)54(40)70)35-25-10-24-26(9-23(25)27(13-77)33(35)21-5-1-19(11-75)2-6-21)36(34(28(24)14-78)22-7-3-20(12-76)4-8-22)38(41-55(71)47(63)31(17-81)48(64)56(41)72)42-57(73)49(65)32(18-82)50(66)58(42)74/h1-10,35-38H. The number of hydrogen-bond donors (Lipinski definition) is 0. The van der Waals surface area contributed by atoms with Crippen molar-refractivity contribution in [1.29, 1.82) is 42.1 Å². The lowest BCUT2D eigenvalue weighted by atomic mass is 9.71. The molecule has 0 bridgehead atoms. The van der Waals surface area contributed by atoms with Crippen molar-refractivity contribution >= 4 is 22.3 Å². The summed E-state index contributed by atoms with van der Waals surface area (Å²) in [6.45, 7) is 0. The molecule has 82 heavy (non-hydrogen) atoms. The van der Waals surface area contributed by atoms with Gasteiger partial charge in [0.1, 0.15) is 58.7 Å². The van der Waals surface area contributed by atoms with Crippen molar-refractivity contribution in [2.75, 3.05) is 0 Å². The van der Waals surface area contributed by atoms with Crippen LogP contribution in [0.4, 0.5) is 70.2 Å². The molecule has 8 nitrogen and oxygen atoms in total. The summed E-state index contributed by atoms with van der Waals surface area (Å²) in [5.74, 6) is -54.2. The van der Waals surface area contributed by atoms with Gasteiger partial charge in [-0.1, -0.05) is 24.3 Å². The molecular weight excluding hydrogens is 1110 g/mol. The van der Waals surface area contributed by atoms with Crippen molar-refractivity contribution in [3.8, 4) is 48.6 Å². The second kappa shape index (κ2) is 20.6. The highest BCUT2D eigenvalue weighted by molar-refractivity contribution is 6.10. The van der Waals surface area contributed by atoms with E-state index < -0.39 is 217 Å². The van der Waals surface area contributed by atoms with Gasteiger partial charge >= 0.3 is 0 Å². The Balaban J connectivity index is 1.53. The lowest BCUT2D eigenvalue weighted by Crippen LogP contribution is -2.23. The first-order valence-corrected chi connectivity index (χ1v) is 22.6. The monoisotopic (exact) mass is 1130 g/mol. The molecule has 0 N–H and O–H groups in total. The zero-order valence-electron chi connectivity index (χ0n) is 39.7. The third-order valence-electron chi connectivity index (χ3n) is 14.0. The minimum absolute atomic E-state index is 0.203. The predicted molar refractivity (Wildman–Crippen MR) is 247 cm³/mol. The summed E-state index contributed by atoms with van der Waals surface area (Å²) in [4.78, 5) is 0. The molecule has 398 valence electrons. The Kier molecular flexibility index (Phi) is 13.9. The van der Waals surface area contributed by atoms with E-state index in [1.165, 1.54) is 0 Å². The van der Waals surface area contributed by atoms with Gasteiger partial charge in [0.05, 0.1) is 34.4 Å². The molecule has 0 radical (unpaired) electrons. The normalized spacial score (nSPS) is 14.1. The zero-order chi connectivity index (χ0) is 59.8. The summed E-state index contributed by atoms with van der Waals surface area (Å²) in [6.07, 6.45) is 0. The first-order chi connectivity index (χ1) is 39.1. The summed E-state index contributed by atoms with van der Waals surface area (Å²) >= 11 is 0. The molecule has 2 atom stereocenters. The SMILES string of the molecule is N#CC1=C(c2ccc(C#N)cc2)C(C(c2c(F)c(F)c(C#N)c(F)c2F)c2c(F)c(F)c(C#N)c(F)c2F)c2cc3c(cc21)C(C(c1c(F)c(F)c(C#N)c(F)c1F)c1c(F)c(F)c(C#N)c(F)c1F)C(c1ccc(C#N)cc1)=C3C#N. The lowest BCUT2D eigenvalue weighted by Gasteiger charge is -2.31. The highest BCUT2D eigenvalue weighted by atomic mass is 19.2. The third-order valence-corrected chi connectivity index (χ3v) is 14.0. The van der Waals surface area contributed by atoms with Gasteiger partial charge in [-0.3, -0.25) is 0 Å². The van der Waals surface area contributed by atoms with Crippen LogP contribution in [0.15, 0.2) is 60.7 Å². The van der Waals surface area contributed by atoms with Crippen LogP contribution in [0.25, 0.3) is 22.3 Å². The Hall–Kier alpha value is -11.2. The van der Waals surface area contributed by atoms with E-state index >= 15 is 70.2 Å². The molecule has 0 saturated carbocycles. The van der Waals surface area contributed by atoms with Crippen LogP contribution in [0.3, 0.4) is 0 Å². The van der Waals surface area contributed by atoms with Crippen molar-refractivity contribution in [2.45, 2.75) is 23.7 Å². The molecular formula is C58H14F16N8. The number of halogens is 16. The molecule has 0 spiro atoms. The molecule has 0 aromatic heterocycles. The van der Waals surface area contributed by atoms with Crippen LogP contribution in [0.1, 0.15) is 113 Å². The highest BCUT2D eigenvalue weighted by Gasteiger charge is 2.51. The van der Waals surface area contributed by atoms with Crippen molar-refractivity contribution in [3.05, 3.63) is 243 Å². The van der Waals surface area contributed by atoms with Gasteiger partial charge in [-0.15, -0.1) is 0 Å². The molecule has 0 aliphatic heterocycles. The Morgan fingerprint density at radius 1 is 0.280 bits per heavy atom. The maximum Gasteiger partial charge on any atom is 0.180 e. The largest absolute Gasteiger partial charge is 0.203 e. The van der Waals surface area contributed by atoms with Crippen LogP contribution in [0.5, 0.6) is 0 Å². The number of rotatable bonds is 8. The maximum absolute atomic E-state index is 16.8. The Morgan fingerprint density at radius 3 is 0.683 bits per heavy atom. The molecule has 2 aliphatic carbocycles. The van der Waals surface area contributed by atoms with Crippen molar-refractivity contribution in [1.82, 2.24) is 0 Å². The van der Waals surface area contributed by atoms with Crippen LogP contribution in [-0.2, 0) is 0 Å². The smallest absolute Gasteiger partial charge is 0.180 e. The van der Waals surface area contributed by atoms with Crippen LogP contribution in [0.2, 0.25) is 0 Å². The van der Waals surface area contributed by atoms with Gasteiger partial charge in [0.15, 0.2) is 93.1 Å². The van der Waals surface area contributed by atoms with E-state index in [4.69, 9.17) is 0 Å². The van der Waals surface area contributed by atoms with Crippen LogP contribution >= 0.6 is 0 Å². The number of hydrogen-bond acceptors (Lipinski definition) is 8. The summed E-state index contributed by atoms with van der Waals surface area (Å²) in [5.41, 5.74) is -25.2.